The van der Waals surface area contributed by atoms with Crippen LogP contribution in [0.4, 0.5) is 5.69 Å². The van der Waals surface area contributed by atoms with E-state index in [1.54, 1.807) is 17.8 Å². The molecule has 2 aromatic heterocycles. The summed E-state index contributed by atoms with van der Waals surface area (Å²) in [5, 5.41) is 15.1. The van der Waals surface area contributed by atoms with E-state index >= 15 is 0 Å². The number of fused-ring (bicyclic) bond motifs is 1. The van der Waals surface area contributed by atoms with Crippen molar-refractivity contribution >= 4 is 16.7 Å². The van der Waals surface area contributed by atoms with Crippen LogP contribution in [0.25, 0.3) is 33.8 Å². The van der Waals surface area contributed by atoms with E-state index in [1.807, 2.05) is 42.5 Å². The number of anilines is 1. The van der Waals surface area contributed by atoms with Crippen molar-refractivity contribution in [2.45, 2.75) is 0 Å². The maximum Gasteiger partial charge on any atom is 0.173 e. The molecule has 0 fully saturated rings. The Morgan fingerprint density at radius 2 is 1.91 bits per heavy atom. The van der Waals surface area contributed by atoms with Gasteiger partial charge in [-0.15, -0.1) is 0 Å². The largest absolute Gasteiger partial charge is 0.504 e. The first kappa shape index (κ1) is 13.4. The molecule has 4 N–H and O–H groups in total. The molecule has 4 aromatic rings. The number of nitrogens with zero attached hydrogens (tertiary/aromatic N) is 3. The van der Waals surface area contributed by atoms with Crippen molar-refractivity contribution < 1.29 is 5.11 Å². The van der Waals surface area contributed by atoms with Crippen LogP contribution in [0.5, 0.6) is 5.75 Å². The summed E-state index contributed by atoms with van der Waals surface area (Å²) in [4.78, 5) is 7.71. The van der Waals surface area contributed by atoms with Crippen molar-refractivity contribution in [3.63, 3.8) is 0 Å². The number of nitrogens with two attached hydrogens (primary N) is 1. The third-order valence-corrected chi connectivity index (χ3v) is 3.80. The van der Waals surface area contributed by atoms with Gasteiger partial charge in [-0.1, -0.05) is 30.3 Å². The van der Waals surface area contributed by atoms with Crippen LogP contribution in [0.2, 0.25) is 0 Å². The third kappa shape index (κ3) is 2.12. The number of H-pyrrole nitrogens is 1. The molecule has 6 heteroatoms. The molecule has 6 nitrogen and oxygen atoms in total. The Kier molecular flexibility index (Phi) is 2.84. The second-order valence-electron chi connectivity index (χ2n) is 5.40. The number of aryl methyl sites for hydroxylation is 1. The minimum atomic E-state index is 0.103. The number of aromatic amines is 1. The second kappa shape index (κ2) is 4.88. The summed E-state index contributed by atoms with van der Waals surface area (Å²) in [6.07, 6.45) is 0. The van der Waals surface area contributed by atoms with E-state index in [-0.39, 0.29) is 5.75 Å². The molecule has 0 saturated heterocycles. The maximum atomic E-state index is 10.6. The fourth-order valence-electron chi connectivity index (χ4n) is 2.71. The monoisotopic (exact) mass is 305 g/mol. The number of rotatable bonds is 2. The molecule has 4 rings (SSSR count). The normalized spacial score (nSPS) is 11.2. The Labute approximate surface area is 132 Å². The van der Waals surface area contributed by atoms with Gasteiger partial charge in [0.1, 0.15) is 11.4 Å². The van der Waals surface area contributed by atoms with Gasteiger partial charge in [-0.05, 0) is 18.2 Å². The highest BCUT2D eigenvalue weighted by Gasteiger charge is 2.20. The number of nitrogens with one attached hydrogen (secondary N) is 1. The van der Waals surface area contributed by atoms with Gasteiger partial charge in [0.2, 0.25) is 0 Å². The van der Waals surface area contributed by atoms with Gasteiger partial charge < -0.3 is 15.8 Å². The van der Waals surface area contributed by atoms with Crippen molar-refractivity contribution in [1.82, 2.24) is 19.7 Å². The Bertz CT molecular complexity index is 1000. The zero-order valence-corrected chi connectivity index (χ0v) is 12.5. The molecule has 114 valence electrons. The van der Waals surface area contributed by atoms with E-state index in [4.69, 9.17) is 5.73 Å². The van der Waals surface area contributed by atoms with Gasteiger partial charge in [0.25, 0.3) is 0 Å². The average Bonchev–Trinajstić information content (AvgIpc) is 3.08. The minimum absolute atomic E-state index is 0.103. The SMILES string of the molecule is Cn1nc(-c2ccccc2)c(O)c1-c1nc2ccc(N)cc2[nH]1. The van der Waals surface area contributed by atoms with E-state index < -0.39 is 0 Å². The lowest BCUT2D eigenvalue weighted by molar-refractivity contribution is 0.478. The van der Waals surface area contributed by atoms with Crippen LogP contribution in [0.15, 0.2) is 48.5 Å². The second-order valence-corrected chi connectivity index (χ2v) is 5.40. The number of aromatic hydroxyl groups is 1. The van der Waals surface area contributed by atoms with Crippen LogP contribution in [-0.4, -0.2) is 24.9 Å². The number of imidazole rings is 1. The van der Waals surface area contributed by atoms with Crippen molar-refractivity contribution in [3.05, 3.63) is 48.5 Å². The number of hydrogen-bond acceptors (Lipinski definition) is 4. The maximum absolute atomic E-state index is 10.6. The number of hydrogen-bond donors (Lipinski definition) is 3. The van der Waals surface area contributed by atoms with E-state index in [0.717, 1.165) is 16.6 Å². The van der Waals surface area contributed by atoms with Gasteiger partial charge in [0.05, 0.1) is 11.0 Å². The molecular weight excluding hydrogens is 290 g/mol. The van der Waals surface area contributed by atoms with Crippen molar-refractivity contribution in [3.8, 4) is 28.5 Å². The zero-order chi connectivity index (χ0) is 16.0. The van der Waals surface area contributed by atoms with Gasteiger partial charge in [-0.2, -0.15) is 5.10 Å². The molecular formula is C17H15N5O. The lowest BCUT2D eigenvalue weighted by atomic mass is 10.1. The predicted octanol–water partition coefficient (Wildman–Crippen LogP) is 2.92. The molecule has 0 aliphatic heterocycles. The van der Waals surface area contributed by atoms with Gasteiger partial charge in [0, 0.05) is 18.3 Å². The molecule has 0 spiro atoms. The Hall–Kier alpha value is -3.28. The van der Waals surface area contributed by atoms with Crippen molar-refractivity contribution in [2.24, 2.45) is 7.05 Å². The summed E-state index contributed by atoms with van der Waals surface area (Å²) >= 11 is 0. The molecule has 0 bridgehead atoms. The lowest BCUT2D eigenvalue weighted by Crippen LogP contribution is -1.95. The molecule has 0 unspecified atom stereocenters. The summed E-state index contributed by atoms with van der Waals surface area (Å²) in [6.45, 7) is 0. The molecule has 0 atom stereocenters. The van der Waals surface area contributed by atoms with Crippen molar-refractivity contribution in [1.29, 1.82) is 0 Å². The standard InChI is InChI=1S/C17H15N5O/c1-22-15(16(23)14(21-22)10-5-3-2-4-6-10)17-19-12-8-7-11(18)9-13(12)20-17/h2-9,23H,18H2,1H3,(H,19,20). The average molecular weight is 305 g/mol. The van der Waals surface area contributed by atoms with Crippen LogP contribution < -0.4 is 5.73 Å². The zero-order valence-electron chi connectivity index (χ0n) is 12.5. The summed E-state index contributed by atoms with van der Waals surface area (Å²) in [7, 11) is 1.78. The van der Waals surface area contributed by atoms with Gasteiger partial charge >= 0.3 is 0 Å². The first-order valence-electron chi connectivity index (χ1n) is 7.20. The van der Waals surface area contributed by atoms with Gasteiger partial charge in [-0.3, -0.25) is 4.68 Å². The minimum Gasteiger partial charge on any atom is -0.504 e. The molecule has 0 amide bonds. The topological polar surface area (TPSA) is 92.8 Å². The predicted molar refractivity (Wildman–Crippen MR) is 89.8 cm³/mol. The van der Waals surface area contributed by atoms with E-state index in [0.29, 0.717) is 22.9 Å². The van der Waals surface area contributed by atoms with E-state index in [9.17, 15) is 5.11 Å². The van der Waals surface area contributed by atoms with Crippen molar-refractivity contribution in [2.75, 3.05) is 5.73 Å². The number of benzene rings is 2. The van der Waals surface area contributed by atoms with E-state index in [2.05, 4.69) is 15.1 Å². The summed E-state index contributed by atoms with van der Waals surface area (Å²) < 4.78 is 1.62. The number of aromatic nitrogens is 4. The fourth-order valence-corrected chi connectivity index (χ4v) is 2.71. The van der Waals surface area contributed by atoms with Crippen LogP contribution in [0.3, 0.4) is 0 Å². The molecule has 2 aromatic carbocycles. The summed E-state index contributed by atoms with van der Waals surface area (Å²) in [5.74, 6) is 0.658. The highest BCUT2D eigenvalue weighted by Crippen LogP contribution is 2.36. The molecule has 23 heavy (non-hydrogen) atoms. The van der Waals surface area contributed by atoms with Crippen LogP contribution in [0.1, 0.15) is 0 Å². The van der Waals surface area contributed by atoms with Crippen LogP contribution in [0, 0.1) is 0 Å². The third-order valence-electron chi connectivity index (χ3n) is 3.80. The van der Waals surface area contributed by atoms with Crippen LogP contribution >= 0.6 is 0 Å². The van der Waals surface area contributed by atoms with Gasteiger partial charge in [-0.25, -0.2) is 4.98 Å². The highest BCUT2D eigenvalue weighted by molar-refractivity contribution is 5.84. The molecule has 0 saturated carbocycles. The van der Waals surface area contributed by atoms with E-state index in [1.165, 1.54) is 0 Å². The Balaban J connectivity index is 1.90. The quantitative estimate of drug-likeness (QED) is 0.496. The fraction of sp³-hybridized carbons (Fsp3) is 0.0588. The molecule has 2 heterocycles. The lowest BCUT2D eigenvalue weighted by Gasteiger charge is -1.98. The Morgan fingerprint density at radius 1 is 1.13 bits per heavy atom. The molecule has 0 aliphatic carbocycles. The Morgan fingerprint density at radius 3 is 2.70 bits per heavy atom. The summed E-state index contributed by atoms with van der Waals surface area (Å²) in [6, 6.07) is 15.0. The van der Waals surface area contributed by atoms with Crippen LogP contribution in [-0.2, 0) is 7.05 Å². The number of nitrogen functional groups attached to an aromatic ring is 1. The molecule has 0 radical (unpaired) electrons. The first-order valence-corrected chi connectivity index (χ1v) is 7.20. The first-order chi connectivity index (χ1) is 11.1. The summed E-state index contributed by atoms with van der Waals surface area (Å²) in [5.41, 5.74) is 9.99. The van der Waals surface area contributed by atoms with Gasteiger partial charge in [0.15, 0.2) is 11.6 Å². The molecule has 0 aliphatic rings. The highest BCUT2D eigenvalue weighted by atomic mass is 16.3. The smallest absolute Gasteiger partial charge is 0.173 e.